The summed E-state index contributed by atoms with van der Waals surface area (Å²) >= 11 is 1.46. The highest BCUT2D eigenvalue weighted by atomic mass is 32.2. The Hall–Kier alpha value is -3.39. The molecule has 0 aliphatic rings. The van der Waals surface area contributed by atoms with Crippen molar-refractivity contribution in [2.75, 3.05) is 12.4 Å². The van der Waals surface area contributed by atoms with E-state index in [1.54, 1.807) is 31.2 Å². The molecule has 160 valence electrons. The minimum absolute atomic E-state index is 0.105. The van der Waals surface area contributed by atoms with Gasteiger partial charge in [0, 0.05) is 22.2 Å². The summed E-state index contributed by atoms with van der Waals surface area (Å²) in [4.78, 5) is 43.7. The van der Waals surface area contributed by atoms with Crippen LogP contribution in [0.2, 0.25) is 0 Å². The van der Waals surface area contributed by atoms with Gasteiger partial charge in [0.15, 0.2) is 5.16 Å². The zero-order valence-corrected chi connectivity index (χ0v) is 18.3. The van der Waals surface area contributed by atoms with Crippen LogP contribution < -0.4 is 10.9 Å². The van der Waals surface area contributed by atoms with Gasteiger partial charge in [-0.2, -0.15) is 0 Å². The smallest absolute Gasteiger partial charge is 0.337 e. The van der Waals surface area contributed by atoms with Gasteiger partial charge < -0.3 is 15.0 Å². The van der Waals surface area contributed by atoms with Crippen molar-refractivity contribution in [1.29, 1.82) is 0 Å². The fourth-order valence-corrected chi connectivity index (χ4v) is 3.95. The van der Waals surface area contributed by atoms with Gasteiger partial charge in [-0.05, 0) is 43.7 Å². The lowest BCUT2D eigenvalue weighted by Gasteiger charge is -2.12. The second-order valence-corrected chi connectivity index (χ2v) is 8.23. The minimum atomic E-state index is -0.453. The number of aromatic nitrogens is 2. The largest absolute Gasteiger partial charge is 0.465 e. The lowest BCUT2D eigenvalue weighted by atomic mass is 10.1. The first-order chi connectivity index (χ1) is 14.9. The van der Waals surface area contributed by atoms with Crippen molar-refractivity contribution in [2.24, 2.45) is 0 Å². The van der Waals surface area contributed by atoms with E-state index in [9.17, 15) is 14.4 Å². The van der Waals surface area contributed by atoms with Crippen molar-refractivity contribution < 1.29 is 14.3 Å². The molecule has 1 heterocycles. The molecular weight excluding hydrogens is 414 g/mol. The van der Waals surface area contributed by atoms with E-state index >= 15 is 0 Å². The quantitative estimate of drug-likeness (QED) is 0.330. The first kappa shape index (κ1) is 22.3. The Morgan fingerprint density at radius 1 is 1.13 bits per heavy atom. The number of hydrogen-bond donors (Lipinski definition) is 2. The maximum atomic E-state index is 12.6. The van der Waals surface area contributed by atoms with Crippen LogP contribution in [0, 0.1) is 6.92 Å². The highest BCUT2D eigenvalue weighted by Crippen LogP contribution is 2.32. The van der Waals surface area contributed by atoms with Crippen molar-refractivity contribution >= 4 is 29.3 Å². The van der Waals surface area contributed by atoms with E-state index < -0.39 is 5.97 Å². The summed E-state index contributed by atoms with van der Waals surface area (Å²) < 4.78 is 4.65. The molecule has 31 heavy (non-hydrogen) atoms. The van der Waals surface area contributed by atoms with E-state index in [4.69, 9.17) is 0 Å². The number of thioether (sulfide) groups is 1. The van der Waals surface area contributed by atoms with Crippen LogP contribution in [-0.2, 0) is 16.0 Å². The Bertz CT molecular complexity index is 1130. The fourth-order valence-electron chi connectivity index (χ4n) is 2.98. The number of benzene rings is 2. The van der Waals surface area contributed by atoms with Crippen LogP contribution in [0.1, 0.15) is 39.4 Å². The summed E-state index contributed by atoms with van der Waals surface area (Å²) in [6.07, 6.45) is -0.105. The number of nitrogens with zero attached hydrogens (tertiary/aromatic N) is 1. The fraction of sp³-hybridized carbons (Fsp3) is 0.217. The normalized spacial score (nSPS) is 11.6. The molecule has 1 amide bonds. The number of aryl methyl sites for hydroxylation is 1. The Morgan fingerprint density at radius 3 is 2.42 bits per heavy atom. The summed E-state index contributed by atoms with van der Waals surface area (Å²) in [6, 6.07) is 16.3. The third kappa shape index (κ3) is 5.82. The van der Waals surface area contributed by atoms with Crippen molar-refractivity contribution in [3.8, 4) is 0 Å². The van der Waals surface area contributed by atoms with Gasteiger partial charge >= 0.3 is 5.97 Å². The Morgan fingerprint density at radius 2 is 1.81 bits per heavy atom. The molecule has 0 spiro atoms. The summed E-state index contributed by atoms with van der Waals surface area (Å²) in [5.41, 5.74) is 2.54. The van der Waals surface area contributed by atoms with Gasteiger partial charge in [-0.15, -0.1) is 0 Å². The number of aromatic amines is 1. The van der Waals surface area contributed by atoms with Gasteiger partial charge in [-0.1, -0.05) is 42.1 Å². The topological polar surface area (TPSA) is 101 Å². The van der Waals surface area contributed by atoms with Crippen molar-refractivity contribution in [3.05, 3.63) is 87.3 Å². The SMILES string of the molecule is COC(=O)c1ccc(NC(=O)Cc2c(C)nc(S[C@H](C)c3ccccc3)[nH]c2=O)cc1. The Balaban J connectivity index is 1.67. The molecule has 3 aromatic rings. The molecule has 0 bridgehead atoms. The summed E-state index contributed by atoms with van der Waals surface area (Å²) in [5.74, 6) is -0.801. The monoisotopic (exact) mass is 437 g/mol. The highest BCUT2D eigenvalue weighted by Gasteiger charge is 2.15. The van der Waals surface area contributed by atoms with Crippen LogP contribution in [0.3, 0.4) is 0 Å². The highest BCUT2D eigenvalue weighted by molar-refractivity contribution is 7.99. The van der Waals surface area contributed by atoms with Crippen LogP contribution in [0.4, 0.5) is 5.69 Å². The molecule has 3 rings (SSSR count). The average Bonchev–Trinajstić information content (AvgIpc) is 2.77. The van der Waals surface area contributed by atoms with E-state index in [2.05, 4.69) is 20.0 Å². The molecular formula is C23H23N3O4S. The average molecular weight is 438 g/mol. The Labute approximate surface area is 184 Å². The van der Waals surface area contributed by atoms with E-state index in [0.29, 0.717) is 27.7 Å². The third-order valence-corrected chi connectivity index (χ3v) is 5.73. The van der Waals surface area contributed by atoms with Gasteiger partial charge in [-0.25, -0.2) is 9.78 Å². The van der Waals surface area contributed by atoms with E-state index in [1.165, 1.54) is 18.9 Å². The standard InChI is InChI=1S/C23H23N3O4S/c1-14-19(13-20(27)25-18-11-9-17(10-12-18)22(29)30-3)21(28)26-23(24-14)31-15(2)16-7-5-4-6-8-16/h4-12,15H,13H2,1-3H3,(H,25,27)(H,24,26,28)/t15-/m1/s1. The van der Waals surface area contributed by atoms with E-state index in [-0.39, 0.29) is 23.1 Å². The zero-order chi connectivity index (χ0) is 22.4. The van der Waals surface area contributed by atoms with E-state index in [0.717, 1.165) is 5.56 Å². The molecule has 0 saturated carbocycles. The second kappa shape index (κ2) is 10.1. The molecule has 0 saturated heterocycles. The molecule has 0 aliphatic carbocycles. The molecule has 1 aromatic heterocycles. The molecule has 0 aliphatic heterocycles. The van der Waals surface area contributed by atoms with Crippen molar-refractivity contribution in [2.45, 2.75) is 30.7 Å². The maximum Gasteiger partial charge on any atom is 0.337 e. The number of esters is 1. The number of anilines is 1. The molecule has 2 N–H and O–H groups in total. The predicted molar refractivity (Wildman–Crippen MR) is 120 cm³/mol. The first-order valence-corrected chi connectivity index (χ1v) is 10.5. The number of amides is 1. The number of ether oxygens (including phenoxy) is 1. The number of H-pyrrole nitrogens is 1. The van der Waals surface area contributed by atoms with Gasteiger partial charge in [0.05, 0.1) is 19.1 Å². The van der Waals surface area contributed by atoms with Crippen LogP contribution >= 0.6 is 11.8 Å². The summed E-state index contributed by atoms with van der Waals surface area (Å²) in [5, 5.41) is 3.35. The Kier molecular flexibility index (Phi) is 7.25. The number of nitrogens with one attached hydrogen (secondary N) is 2. The van der Waals surface area contributed by atoms with Gasteiger partial charge in [0.25, 0.3) is 5.56 Å². The number of methoxy groups -OCH3 is 1. The van der Waals surface area contributed by atoms with E-state index in [1.807, 2.05) is 37.3 Å². The lowest BCUT2D eigenvalue weighted by molar-refractivity contribution is -0.115. The predicted octanol–water partition coefficient (Wildman–Crippen LogP) is 3.90. The molecule has 0 unspecified atom stereocenters. The number of carbonyl (C=O) groups is 2. The third-order valence-electron chi connectivity index (χ3n) is 4.69. The van der Waals surface area contributed by atoms with Crippen LogP contribution in [0.25, 0.3) is 0 Å². The van der Waals surface area contributed by atoms with Crippen LogP contribution in [-0.4, -0.2) is 29.0 Å². The van der Waals surface area contributed by atoms with Gasteiger partial charge in [-0.3, -0.25) is 9.59 Å². The summed E-state index contributed by atoms with van der Waals surface area (Å²) in [6.45, 7) is 3.77. The first-order valence-electron chi connectivity index (χ1n) is 9.67. The second-order valence-electron chi connectivity index (χ2n) is 6.90. The molecule has 2 aromatic carbocycles. The number of hydrogen-bond acceptors (Lipinski definition) is 6. The van der Waals surface area contributed by atoms with Crippen LogP contribution in [0.15, 0.2) is 64.5 Å². The number of carbonyl (C=O) groups excluding carboxylic acids is 2. The number of rotatable bonds is 7. The van der Waals surface area contributed by atoms with Crippen molar-refractivity contribution in [1.82, 2.24) is 9.97 Å². The van der Waals surface area contributed by atoms with Gasteiger partial charge in [0.2, 0.25) is 5.91 Å². The van der Waals surface area contributed by atoms with Gasteiger partial charge in [0.1, 0.15) is 0 Å². The maximum absolute atomic E-state index is 12.6. The molecule has 1 atom stereocenters. The minimum Gasteiger partial charge on any atom is -0.465 e. The molecule has 8 heteroatoms. The molecule has 0 fully saturated rings. The van der Waals surface area contributed by atoms with Crippen LogP contribution in [0.5, 0.6) is 0 Å². The zero-order valence-electron chi connectivity index (χ0n) is 17.5. The van der Waals surface area contributed by atoms with Crippen molar-refractivity contribution in [3.63, 3.8) is 0 Å². The molecule has 7 nitrogen and oxygen atoms in total. The lowest BCUT2D eigenvalue weighted by Crippen LogP contribution is -2.23. The molecule has 0 radical (unpaired) electrons. The summed E-state index contributed by atoms with van der Waals surface area (Å²) in [7, 11) is 1.30.